The lowest BCUT2D eigenvalue weighted by Crippen LogP contribution is -1.92. The number of carbonyl (C=O) groups is 1. The van der Waals surface area contributed by atoms with Gasteiger partial charge in [0.1, 0.15) is 5.82 Å². The highest BCUT2D eigenvalue weighted by Crippen LogP contribution is 2.27. The van der Waals surface area contributed by atoms with Gasteiger partial charge in [0, 0.05) is 14.0 Å². The summed E-state index contributed by atoms with van der Waals surface area (Å²) in [6.07, 6.45) is 0. The van der Waals surface area contributed by atoms with Gasteiger partial charge in [-0.05, 0) is 30.8 Å². The van der Waals surface area contributed by atoms with Gasteiger partial charge in [0.2, 0.25) is 0 Å². The fourth-order valence-electron chi connectivity index (χ4n) is 1.13. The van der Waals surface area contributed by atoms with Gasteiger partial charge in [0.05, 0.1) is 0 Å². The average molecular weight is 237 g/mol. The van der Waals surface area contributed by atoms with Crippen molar-refractivity contribution in [2.45, 2.75) is 24.1 Å². The minimum Gasteiger partial charge on any atom is -0.446 e. The van der Waals surface area contributed by atoms with E-state index in [4.69, 9.17) is 4.42 Å². The van der Waals surface area contributed by atoms with Gasteiger partial charge in [-0.25, -0.2) is 0 Å². The third kappa shape index (κ3) is 2.01. The van der Waals surface area contributed by atoms with Gasteiger partial charge in [-0.3, -0.25) is 4.79 Å². The molecule has 0 bridgehead atoms. The van der Waals surface area contributed by atoms with E-state index in [1.165, 1.54) is 18.7 Å². The number of hydrogen-bond acceptors (Lipinski definition) is 5. The molecule has 0 amide bonds. The molecule has 0 saturated carbocycles. The molecule has 2 rings (SSSR count). The van der Waals surface area contributed by atoms with Crippen LogP contribution >= 0.6 is 11.8 Å². The van der Waals surface area contributed by atoms with Crippen LogP contribution in [0.1, 0.15) is 23.3 Å². The van der Waals surface area contributed by atoms with Crippen LogP contribution in [0.25, 0.3) is 0 Å². The third-order valence-electron chi connectivity index (χ3n) is 2.17. The van der Waals surface area contributed by atoms with E-state index in [9.17, 15) is 4.79 Å². The summed E-state index contributed by atoms with van der Waals surface area (Å²) in [6, 6.07) is 3.42. The normalized spacial score (nSPS) is 10.7. The number of aryl methyl sites for hydroxylation is 1. The van der Waals surface area contributed by atoms with E-state index >= 15 is 0 Å². The average Bonchev–Trinajstić information content (AvgIpc) is 2.81. The van der Waals surface area contributed by atoms with Crippen molar-refractivity contribution in [3.8, 4) is 0 Å². The molecule has 5 nitrogen and oxygen atoms in total. The topological polar surface area (TPSA) is 60.9 Å². The second-order valence-corrected chi connectivity index (χ2v) is 4.34. The van der Waals surface area contributed by atoms with Crippen LogP contribution < -0.4 is 0 Å². The number of nitrogens with zero attached hydrogens (tertiary/aromatic N) is 3. The molecule has 84 valence electrons. The van der Waals surface area contributed by atoms with E-state index in [0.29, 0.717) is 10.9 Å². The minimum atomic E-state index is -0.0824. The molecule has 2 heterocycles. The molecule has 0 fully saturated rings. The predicted molar refractivity (Wildman–Crippen MR) is 58.6 cm³/mol. The second kappa shape index (κ2) is 4.13. The van der Waals surface area contributed by atoms with Crippen LogP contribution in [0.3, 0.4) is 0 Å². The maximum atomic E-state index is 11.0. The molecule has 2 aromatic heterocycles. The maximum absolute atomic E-state index is 11.0. The van der Waals surface area contributed by atoms with Gasteiger partial charge >= 0.3 is 0 Å². The van der Waals surface area contributed by atoms with Gasteiger partial charge in [-0.2, -0.15) is 0 Å². The number of ketones is 1. The summed E-state index contributed by atoms with van der Waals surface area (Å²) >= 11 is 1.34. The van der Waals surface area contributed by atoms with Crippen molar-refractivity contribution < 1.29 is 9.21 Å². The first-order valence-electron chi connectivity index (χ1n) is 4.72. The van der Waals surface area contributed by atoms with Crippen molar-refractivity contribution in [3.63, 3.8) is 0 Å². The largest absolute Gasteiger partial charge is 0.446 e. The Morgan fingerprint density at radius 1 is 1.44 bits per heavy atom. The highest BCUT2D eigenvalue weighted by Gasteiger charge is 2.11. The number of furan rings is 1. The lowest BCUT2D eigenvalue weighted by molar-refractivity contribution is 0.0982. The molecular formula is C10H11N3O2S. The van der Waals surface area contributed by atoms with Crippen LogP contribution in [0.15, 0.2) is 26.8 Å². The second-order valence-electron chi connectivity index (χ2n) is 3.37. The van der Waals surface area contributed by atoms with Crippen LogP contribution in [-0.4, -0.2) is 20.5 Å². The number of rotatable bonds is 3. The summed E-state index contributed by atoms with van der Waals surface area (Å²) in [7, 11) is 1.88. The van der Waals surface area contributed by atoms with Gasteiger partial charge in [-0.15, -0.1) is 10.2 Å². The van der Waals surface area contributed by atoms with Crippen LogP contribution in [0.4, 0.5) is 0 Å². The zero-order chi connectivity index (χ0) is 11.7. The lowest BCUT2D eigenvalue weighted by Gasteiger charge is -1.97. The van der Waals surface area contributed by atoms with E-state index in [1.54, 1.807) is 12.1 Å². The smallest absolute Gasteiger partial charge is 0.198 e. The van der Waals surface area contributed by atoms with Crippen molar-refractivity contribution >= 4 is 17.5 Å². The van der Waals surface area contributed by atoms with Crippen LogP contribution in [0.5, 0.6) is 0 Å². The summed E-state index contributed by atoms with van der Waals surface area (Å²) in [5.74, 6) is 1.11. The summed E-state index contributed by atoms with van der Waals surface area (Å²) < 4.78 is 7.21. The van der Waals surface area contributed by atoms with Gasteiger partial charge in [-0.1, -0.05) is 0 Å². The Balaban J connectivity index is 2.21. The molecule has 6 heteroatoms. The molecule has 0 aliphatic carbocycles. The van der Waals surface area contributed by atoms with Crippen molar-refractivity contribution in [1.82, 2.24) is 14.8 Å². The first kappa shape index (κ1) is 10.9. The van der Waals surface area contributed by atoms with Crippen LogP contribution in [0.2, 0.25) is 0 Å². The lowest BCUT2D eigenvalue weighted by atomic mass is 10.3. The Hall–Kier alpha value is -1.56. The summed E-state index contributed by atoms with van der Waals surface area (Å²) in [5, 5.41) is 9.31. The monoisotopic (exact) mass is 237 g/mol. The van der Waals surface area contributed by atoms with Crippen molar-refractivity contribution in [2.75, 3.05) is 0 Å². The highest BCUT2D eigenvalue weighted by molar-refractivity contribution is 7.99. The Bertz CT molecular complexity index is 530. The molecule has 16 heavy (non-hydrogen) atoms. The molecule has 0 saturated heterocycles. The number of hydrogen-bond donors (Lipinski definition) is 0. The molecule has 0 aliphatic heterocycles. The summed E-state index contributed by atoms with van der Waals surface area (Å²) in [4.78, 5) is 11.0. The molecular weight excluding hydrogens is 226 g/mol. The SMILES string of the molecule is CC(=O)c1ccc(Sc2nnc(C)n2C)o1. The van der Waals surface area contributed by atoms with Crippen LogP contribution in [0, 0.1) is 6.92 Å². The van der Waals surface area contributed by atoms with E-state index < -0.39 is 0 Å². The van der Waals surface area contributed by atoms with Crippen molar-refractivity contribution in [3.05, 3.63) is 23.7 Å². The minimum absolute atomic E-state index is 0.0824. The molecule has 0 aromatic carbocycles. The molecule has 0 N–H and O–H groups in total. The number of aromatic nitrogens is 3. The van der Waals surface area contributed by atoms with Gasteiger partial charge in [0.15, 0.2) is 21.8 Å². The van der Waals surface area contributed by atoms with E-state index in [2.05, 4.69) is 10.2 Å². The molecule has 0 aliphatic rings. The quantitative estimate of drug-likeness (QED) is 0.765. The molecule has 2 aromatic rings. The van der Waals surface area contributed by atoms with E-state index in [0.717, 1.165) is 11.0 Å². The highest BCUT2D eigenvalue weighted by atomic mass is 32.2. The predicted octanol–water partition coefficient (Wildman–Crippen LogP) is 2.07. The van der Waals surface area contributed by atoms with Gasteiger partial charge < -0.3 is 8.98 Å². The molecule has 0 atom stereocenters. The standard InChI is InChI=1S/C10H11N3O2S/c1-6(14)8-4-5-9(15-8)16-10-12-11-7(2)13(10)3/h4-5H,1-3H3. The first-order chi connectivity index (χ1) is 7.58. The number of Topliss-reactive ketones (excluding diaryl/α,β-unsaturated/α-hetero) is 1. The summed E-state index contributed by atoms with van der Waals surface area (Å²) in [5.41, 5.74) is 0. The Kier molecular flexibility index (Phi) is 2.82. The van der Waals surface area contributed by atoms with Crippen molar-refractivity contribution in [2.24, 2.45) is 7.05 Å². The third-order valence-corrected chi connectivity index (χ3v) is 3.13. The zero-order valence-corrected chi connectivity index (χ0v) is 10.0. The fraction of sp³-hybridized carbons (Fsp3) is 0.300. The van der Waals surface area contributed by atoms with Gasteiger partial charge in [0.25, 0.3) is 0 Å². The van der Waals surface area contributed by atoms with Crippen molar-refractivity contribution in [1.29, 1.82) is 0 Å². The summed E-state index contributed by atoms with van der Waals surface area (Å²) in [6.45, 7) is 3.35. The first-order valence-corrected chi connectivity index (χ1v) is 5.54. The molecule has 0 radical (unpaired) electrons. The van der Waals surface area contributed by atoms with Crippen LogP contribution in [-0.2, 0) is 7.05 Å². The maximum Gasteiger partial charge on any atom is 0.198 e. The van der Waals surface area contributed by atoms with E-state index in [1.807, 2.05) is 18.5 Å². The Morgan fingerprint density at radius 2 is 2.19 bits per heavy atom. The number of carbonyl (C=O) groups excluding carboxylic acids is 1. The van der Waals surface area contributed by atoms with E-state index in [-0.39, 0.29) is 5.78 Å². The molecule has 0 unspecified atom stereocenters. The molecule has 0 spiro atoms. The fourth-order valence-corrected chi connectivity index (χ4v) is 1.93. The Labute approximate surface area is 96.9 Å². The Morgan fingerprint density at radius 3 is 2.69 bits per heavy atom. The zero-order valence-electron chi connectivity index (χ0n) is 9.22.